The normalized spacial score (nSPS) is 15.8. The third-order valence-corrected chi connectivity index (χ3v) is 19.0. The number of aliphatic hydroxyl groups excluding tert-OH is 3. The van der Waals surface area contributed by atoms with Crippen molar-refractivity contribution < 1.29 is 124 Å². The highest BCUT2D eigenvalue weighted by Crippen LogP contribution is 2.31. The second-order valence-corrected chi connectivity index (χ2v) is 30.0. The number of phenolic OH excluding ortho intramolecular Hbond substituents is 1. The summed E-state index contributed by atoms with van der Waals surface area (Å²) >= 11 is 0. The van der Waals surface area contributed by atoms with Crippen LogP contribution in [0.3, 0.4) is 0 Å². The third kappa shape index (κ3) is 32.7. The topological polar surface area (TPSA) is 637 Å². The van der Waals surface area contributed by atoms with Gasteiger partial charge in [-0.15, -0.1) is 0 Å². The zero-order chi connectivity index (χ0) is 89.4. The molecule has 2 aromatic carbocycles. The summed E-state index contributed by atoms with van der Waals surface area (Å²) < 4.78 is 74.9. The van der Waals surface area contributed by atoms with Gasteiger partial charge in [0.25, 0.3) is 0 Å². The molecule has 39 nitrogen and oxygen atoms in total. The van der Waals surface area contributed by atoms with E-state index in [-0.39, 0.29) is 61.1 Å². The zero-order valence-electron chi connectivity index (χ0n) is 66.9. The van der Waals surface area contributed by atoms with E-state index in [4.69, 9.17) is 17.2 Å². The lowest BCUT2D eigenvalue weighted by Gasteiger charge is -2.31. The number of carboxylic acids is 1. The molecule has 0 spiro atoms. The Morgan fingerprint density at radius 2 is 0.891 bits per heavy atom. The Hall–Kier alpha value is -11.5. The first-order valence-electron chi connectivity index (χ1n) is 38.5. The summed E-state index contributed by atoms with van der Waals surface area (Å²) in [7, 11) is 0. The first kappa shape index (κ1) is 99.8. The minimum Gasteiger partial charge on any atom is -0.508 e. The lowest BCUT2D eigenvalue weighted by molar-refractivity contribution is -0.139. The highest BCUT2D eigenvalue weighted by atomic mass is 19.2. The van der Waals surface area contributed by atoms with Gasteiger partial charge in [-0.05, 0) is 114 Å². The van der Waals surface area contributed by atoms with Crippen LogP contribution in [0.25, 0.3) is 0 Å². The number of hydrogen-bond donors (Lipinski definition) is 22. The third-order valence-electron chi connectivity index (χ3n) is 19.0. The zero-order valence-corrected chi connectivity index (χ0v) is 66.9. The van der Waals surface area contributed by atoms with E-state index in [1.54, 1.807) is 27.7 Å². The number of aromatic nitrogens is 2. The molecule has 4 rings (SSSR count). The van der Waals surface area contributed by atoms with Crippen LogP contribution in [0.5, 0.6) is 5.75 Å². The molecule has 660 valence electrons. The molecule has 1 fully saturated rings. The highest BCUT2D eigenvalue weighted by molar-refractivity contribution is 6.00. The average Bonchev–Trinajstić information content (AvgIpc) is 0.878. The van der Waals surface area contributed by atoms with E-state index in [9.17, 15) is 115 Å². The minimum absolute atomic E-state index is 0.0409. The fraction of sp³-hybridized carbons (Fsp3) is 0.587. The summed E-state index contributed by atoms with van der Waals surface area (Å²) in [5, 5.41) is 81.9. The molecule has 3 aromatic rings. The number of phenols is 1. The van der Waals surface area contributed by atoms with Crippen molar-refractivity contribution >= 4 is 94.6 Å². The van der Waals surface area contributed by atoms with E-state index in [1.165, 1.54) is 37.4 Å². The number of aromatic amines is 1. The van der Waals surface area contributed by atoms with Crippen molar-refractivity contribution in [1.29, 1.82) is 0 Å². The number of imidazole rings is 1. The summed E-state index contributed by atoms with van der Waals surface area (Å²) in [6.45, 7) is 10.2. The van der Waals surface area contributed by atoms with Gasteiger partial charge < -0.3 is 117 Å². The van der Waals surface area contributed by atoms with E-state index in [1.807, 2.05) is 5.32 Å². The van der Waals surface area contributed by atoms with Crippen LogP contribution in [0.2, 0.25) is 0 Å². The summed E-state index contributed by atoms with van der Waals surface area (Å²) in [6.07, 6.45) is -4.55. The Kier molecular flexibility index (Phi) is 40.6. The van der Waals surface area contributed by atoms with Crippen LogP contribution in [-0.2, 0) is 96.0 Å². The Balaban J connectivity index is 1.67. The molecule has 119 heavy (non-hydrogen) atoms. The number of H-pyrrole nitrogens is 1. The van der Waals surface area contributed by atoms with Gasteiger partial charge in [-0.3, -0.25) is 76.7 Å². The van der Waals surface area contributed by atoms with Crippen molar-refractivity contribution in [2.24, 2.45) is 35.0 Å². The van der Waals surface area contributed by atoms with Gasteiger partial charge >= 0.3 is 5.97 Å². The van der Waals surface area contributed by atoms with Crippen molar-refractivity contribution in [3.05, 3.63) is 82.7 Å². The monoisotopic (exact) mass is 1690 g/mol. The van der Waals surface area contributed by atoms with Crippen LogP contribution in [0.15, 0.2) is 36.8 Å². The fourth-order valence-electron chi connectivity index (χ4n) is 12.3. The number of aliphatic carboxylic acids is 1. The molecule has 15 atom stereocenters. The number of halogens is 5. The highest BCUT2D eigenvalue weighted by Gasteiger charge is 2.41. The maximum atomic E-state index is 15.5. The molecule has 1 aromatic heterocycles. The number of amides is 15. The van der Waals surface area contributed by atoms with Crippen molar-refractivity contribution in [1.82, 2.24) is 79.1 Å². The van der Waals surface area contributed by atoms with E-state index >= 15 is 8.78 Å². The number of carbonyl (C=O) groups is 16. The molecule has 1 aliphatic carbocycles. The Morgan fingerprint density at radius 1 is 0.479 bits per heavy atom. The van der Waals surface area contributed by atoms with Gasteiger partial charge in [-0.1, -0.05) is 59.1 Å². The second-order valence-electron chi connectivity index (χ2n) is 30.0. The van der Waals surface area contributed by atoms with E-state index < -0.39 is 277 Å². The van der Waals surface area contributed by atoms with Crippen LogP contribution in [0.1, 0.15) is 156 Å². The molecule has 0 aliphatic heterocycles. The minimum atomic E-state index is -2.63. The molecule has 1 aliphatic rings. The number of rotatable bonds is 51. The number of carbonyl (C=O) groups excluding carboxylic acids is 15. The molecule has 0 bridgehead atoms. The summed E-state index contributed by atoms with van der Waals surface area (Å²) in [5.74, 6) is -32.7. The van der Waals surface area contributed by atoms with Gasteiger partial charge in [0.1, 0.15) is 84.3 Å². The summed E-state index contributed by atoms with van der Waals surface area (Å²) in [4.78, 5) is 226. The van der Waals surface area contributed by atoms with Crippen LogP contribution in [-0.4, -0.2) is 234 Å². The smallest absolute Gasteiger partial charge is 0.303 e. The van der Waals surface area contributed by atoms with Gasteiger partial charge in [0.2, 0.25) is 94.4 Å². The number of benzene rings is 2. The Bertz CT molecular complexity index is 4020. The van der Waals surface area contributed by atoms with Gasteiger partial charge in [-0.25, -0.2) is 26.9 Å². The molecule has 1 heterocycles. The number of hydrogen-bond acceptors (Lipinski definition) is 22. The van der Waals surface area contributed by atoms with Gasteiger partial charge in [-0.2, -0.15) is 0 Å². The number of aliphatic hydroxyl groups is 3. The maximum absolute atomic E-state index is 15.5. The van der Waals surface area contributed by atoms with Crippen LogP contribution in [0.4, 0.5) is 22.0 Å². The Labute approximate surface area is 680 Å². The molecular formula is C75H109F5N18O21. The SMILES string of the molecule is CC(=O)N[C@@H](CC(C)C)C(=O)N[C@H](C(=O)N[C@@H](Cc1c(F)c(F)c(F)c(F)c1F)C(=O)N[C@@H](CCC(=O)O)C(=O)N[C@@H](Cc1cnc[nH]1)C(=O)N[C@@H](Cc1ccc(O)cc1)C(=O)N[C@@H](CC1CCC1)C(=O)N[C@@H](C)C(=O)N[C@@H](CCC(N)=O)C(=O)N[C@@H](CC(C)C)C(=O)N[C@H](C(=O)N[C@@H](CO)C(=O)N[C@@H](CCCCN)C(N)=O)[C@@H](C)O)[C@@H](C)O. The maximum Gasteiger partial charge on any atom is 0.303 e. The molecule has 1 saturated carbocycles. The number of nitrogens with zero attached hydrogens (tertiary/aromatic N) is 1. The number of carboxylic acid groups (broad SMARTS) is 1. The van der Waals surface area contributed by atoms with Crippen LogP contribution < -0.4 is 86.3 Å². The van der Waals surface area contributed by atoms with Crippen molar-refractivity contribution in [2.75, 3.05) is 13.2 Å². The molecular weight excluding hydrogens is 1580 g/mol. The first-order chi connectivity index (χ1) is 55.9. The van der Waals surface area contributed by atoms with Gasteiger partial charge in [0, 0.05) is 56.5 Å². The largest absolute Gasteiger partial charge is 0.508 e. The van der Waals surface area contributed by atoms with E-state index in [0.717, 1.165) is 27.1 Å². The predicted octanol–water partition coefficient (Wildman–Crippen LogP) is -4.04. The molecule has 0 unspecified atom stereocenters. The Morgan fingerprint density at radius 3 is 1.34 bits per heavy atom. The standard InChI is InChI=1S/C75H109F5N18O21/c1-33(2)24-47(87-38(8)102)71(115)97-61(36(6)100)74(118)95-52(29-43-56(76)58(78)60(80)59(79)57(43)77)70(114)90-46(20-22-55(105)106)66(110)94-51(28-41-30-84-32-85-41)69(113)93-50(27-40-15-17-42(103)18-16-40)68(112)92-49(26-39-12-11-13-39)67(111)86-35(5)64(108)89-45(19-21-54(82)104)65(109)91-48(25-34(3)4)72(116)98-62(37(7)101)75(119)96-53(31-99)73(117)88-44(63(83)107)14-9-10-23-81/h15-18,30,32-37,39,44-53,61-62,99-101,103H,9-14,19-29,31,81H2,1-8H3,(H2,82,104)(H2,83,107)(H,84,85)(H,86,111)(H,87,102)(H,88,117)(H,89,108)(H,90,114)(H,91,109)(H,92,112)(H,93,113)(H,94,110)(H,95,118)(H,96,119)(H,97,115)(H,98,116)(H,105,106)/t35-,36+,37+,44-,45-,46-,47-,48-,49-,50-,51-,52-,53-,61-,62-/m0/s1. The first-order valence-corrected chi connectivity index (χ1v) is 38.5. The van der Waals surface area contributed by atoms with Crippen molar-refractivity contribution in [2.45, 2.75) is 249 Å². The average molecular weight is 1690 g/mol. The van der Waals surface area contributed by atoms with Gasteiger partial charge in [0.05, 0.1) is 25.1 Å². The molecule has 0 radical (unpaired) electrons. The lowest BCUT2D eigenvalue weighted by Crippen LogP contribution is -2.62. The molecule has 15 amide bonds. The number of nitrogens with one attached hydrogen (secondary N) is 14. The van der Waals surface area contributed by atoms with Crippen molar-refractivity contribution in [3.8, 4) is 5.75 Å². The van der Waals surface area contributed by atoms with E-state index in [0.29, 0.717) is 32.1 Å². The lowest BCUT2D eigenvalue weighted by atomic mass is 9.80. The quantitative estimate of drug-likeness (QED) is 0.0111. The summed E-state index contributed by atoms with van der Waals surface area (Å²) in [5.41, 5.74) is 15.0. The number of primary amides is 2. The van der Waals surface area contributed by atoms with Crippen LogP contribution in [0, 0.1) is 46.8 Å². The van der Waals surface area contributed by atoms with Crippen LogP contribution >= 0.6 is 0 Å². The second kappa shape index (κ2) is 48.4. The van der Waals surface area contributed by atoms with E-state index in [2.05, 4.69) is 73.8 Å². The number of aromatic hydroxyl groups is 1. The van der Waals surface area contributed by atoms with Gasteiger partial charge in [0.15, 0.2) is 23.3 Å². The molecule has 44 heteroatoms. The number of unbranched alkanes of at least 4 members (excludes halogenated alkanes) is 1. The van der Waals surface area contributed by atoms with Crippen molar-refractivity contribution in [3.63, 3.8) is 0 Å². The molecule has 0 saturated heterocycles. The fourth-order valence-corrected chi connectivity index (χ4v) is 12.3. The number of nitrogens with two attached hydrogens (primary N) is 3. The summed E-state index contributed by atoms with van der Waals surface area (Å²) in [6, 6.07) is -18.0. The molecule has 25 N–H and O–H groups in total. The predicted molar refractivity (Wildman–Crippen MR) is 409 cm³/mol.